The zero-order valence-corrected chi connectivity index (χ0v) is 19.3. The first-order valence-corrected chi connectivity index (χ1v) is 10.7. The number of nitrogens with zero attached hydrogens (tertiary/aromatic N) is 1. The van der Waals surface area contributed by atoms with Gasteiger partial charge in [0.2, 0.25) is 5.43 Å². The van der Waals surface area contributed by atoms with Gasteiger partial charge in [-0.05, 0) is 66.4 Å². The molecule has 0 unspecified atom stereocenters. The molecule has 0 aliphatic heterocycles. The third-order valence-electron chi connectivity index (χ3n) is 5.41. The molecule has 166 valence electrons. The quantitative estimate of drug-likeness (QED) is 0.310. The van der Waals surface area contributed by atoms with E-state index >= 15 is 0 Å². The molecular formula is C27H29NO4. The topological polar surface area (TPSA) is 59.8 Å². The third kappa shape index (κ3) is 4.83. The lowest BCUT2D eigenvalue weighted by Gasteiger charge is -2.11. The van der Waals surface area contributed by atoms with E-state index in [0.717, 1.165) is 29.7 Å². The van der Waals surface area contributed by atoms with E-state index in [0.29, 0.717) is 21.9 Å². The molecular weight excluding hydrogens is 402 g/mol. The molecule has 1 heterocycles. The van der Waals surface area contributed by atoms with Gasteiger partial charge >= 0.3 is 5.97 Å². The Bertz CT molecular complexity index is 1290. The molecule has 32 heavy (non-hydrogen) atoms. The van der Waals surface area contributed by atoms with Crippen LogP contribution in [0.25, 0.3) is 21.9 Å². The lowest BCUT2D eigenvalue weighted by atomic mass is 10.0. The zero-order chi connectivity index (χ0) is 23.3. The monoisotopic (exact) mass is 431 g/mol. The van der Waals surface area contributed by atoms with Crippen LogP contribution in [0.5, 0.6) is 0 Å². The highest BCUT2D eigenvalue weighted by Crippen LogP contribution is 2.24. The summed E-state index contributed by atoms with van der Waals surface area (Å²) in [4.78, 5) is 25.6. The highest BCUT2D eigenvalue weighted by Gasteiger charge is 2.11. The van der Waals surface area contributed by atoms with E-state index < -0.39 is 0 Å². The highest BCUT2D eigenvalue weighted by atomic mass is 16.5. The summed E-state index contributed by atoms with van der Waals surface area (Å²) in [7, 11) is 5.28. The van der Waals surface area contributed by atoms with E-state index in [9.17, 15) is 9.59 Å². The Hall–Kier alpha value is -3.60. The minimum Gasteiger partial charge on any atom is -0.465 e. The summed E-state index contributed by atoms with van der Waals surface area (Å²) in [6.45, 7) is 4.19. The Morgan fingerprint density at radius 1 is 0.938 bits per heavy atom. The second-order valence-corrected chi connectivity index (χ2v) is 7.70. The average Bonchev–Trinajstić information content (AvgIpc) is 2.83. The van der Waals surface area contributed by atoms with Gasteiger partial charge < -0.3 is 14.1 Å². The standard InChI is InChI=1S/C17H16O2.C10H13NO2/c1-3-11-9-12(4-2)17-14(10-11)16(18)13-7-5-6-8-15(13)19-17;1-11(2)9-6-4-8(5-7-9)10(12)13-3/h5-10H,3-4H2,1-2H3;4-7H,1-3H3. The van der Waals surface area contributed by atoms with Crippen LogP contribution in [0.15, 0.2) is 69.9 Å². The molecule has 0 atom stereocenters. The number of para-hydroxylation sites is 1. The van der Waals surface area contributed by atoms with Gasteiger partial charge in [-0.15, -0.1) is 0 Å². The van der Waals surface area contributed by atoms with Crippen LogP contribution < -0.4 is 10.3 Å². The van der Waals surface area contributed by atoms with Crippen molar-refractivity contribution in [3.8, 4) is 0 Å². The van der Waals surface area contributed by atoms with Crippen molar-refractivity contribution in [3.05, 3.63) is 87.6 Å². The summed E-state index contributed by atoms with van der Waals surface area (Å²) in [6.07, 6.45) is 1.79. The van der Waals surface area contributed by atoms with Gasteiger partial charge in [-0.1, -0.05) is 32.0 Å². The van der Waals surface area contributed by atoms with Crippen molar-refractivity contribution in [1.82, 2.24) is 0 Å². The van der Waals surface area contributed by atoms with Crippen molar-refractivity contribution in [2.24, 2.45) is 0 Å². The Kier molecular flexibility index (Phi) is 7.31. The van der Waals surface area contributed by atoms with E-state index in [1.165, 1.54) is 12.7 Å². The van der Waals surface area contributed by atoms with E-state index in [1.54, 1.807) is 12.1 Å². The molecule has 0 fully saturated rings. The SMILES string of the molecule is CCc1cc(CC)c2oc3ccccc3c(=O)c2c1.COC(=O)c1ccc(N(C)C)cc1. The molecule has 1 aromatic heterocycles. The summed E-state index contributed by atoms with van der Waals surface area (Å²) < 4.78 is 10.5. The Morgan fingerprint density at radius 2 is 1.62 bits per heavy atom. The number of aryl methyl sites for hydroxylation is 2. The van der Waals surface area contributed by atoms with Crippen LogP contribution in [-0.4, -0.2) is 27.2 Å². The third-order valence-corrected chi connectivity index (χ3v) is 5.41. The van der Waals surface area contributed by atoms with Crippen molar-refractivity contribution in [2.75, 3.05) is 26.1 Å². The van der Waals surface area contributed by atoms with Crippen LogP contribution in [0.3, 0.4) is 0 Å². The van der Waals surface area contributed by atoms with Crippen molar-refractivity contribution < 1.29 is 13.9 Å². The lowest BCUT2D eigenvalue weighted by Crippen LogP contribution is -2.09. The van der Waals surface area contributed by atoms with Gasteiger partial charge in [0.05, 0.1) is 23.4 Å². The van der Waals surface area contributed by atoms with Crippen LogP contribution in [0.2, 0.25) is 0 Å². The van der Waals surface area contributed by atoms with Crippen molar-refractivity contribution in [3.63, 3.8) is 0 Å². The number of carbonyl (C=O) groups excluding carboxylic acids is 1. The number of carbonyl (C=O) groups is 1. The van der Waals surface area contributed by atoms with E-state index in [1.807, 2.05) is 61.5 Å². The smallest absolute Gasteiger partial charge is 0.337 e. The molecule has 0 bridgehead atoms. The van der Waals surface area contributed by atoms with Gasteiger partial charge in [0.25, 0.3) is 0 Å². The normalized spacial score (nSPS) is 10.5. The summed E-state index contributed by atoms with van der Waals surface area (Å²) in [6, 6.07) is 18.8. The number of hydrogen-bond acceptors (Lipinski definition) is 5. The fourth-order valence-electron chi connectivity index (χ4n) is 3.52. The molecule has 0 spiro atoms. The molecule has 3 aromatic carbocycles. The molecule has 0 amide bonds. The number of benzene rings is 3. The van der Waals surface area contributed by atoms with Crippen LogP contribution >= 0.6 is 0 Å². The highest BCUT2D eigenvalue weighted by molar-refractivity contribution is 5.91. The van der Waals surface area contributed by atoms with Crippen molar-refractivity contribution in [2.45, 2.75) is 26.7 Å². The van der Waals surface area contributed by atoms with Gasteiger partial charge in [-0.25, -0.2) is 4.79 Å². The number of methoxy groups -OCH3 is 1. The fraction of sp³-hybridized carbons (Fsp3) is 0.259. The van der Waals surface area contributed by atoms with Crippen LogP contribution in [0, 0.1) is 0 Å². The largest absolute Gasteiger partial charge is 0.465 e. The molecule has 0 saturated carbocycles. The first-order valence-electron chi connectivity index (χ1n) is 10.7. The first kappa shape index (κ1) is 23.1. The van der Waals surface area contributed by atoms with Gasteiger partial charge in [-0.3, -0.25) is 4.79 Å². The molecule has 4 aromatic rings. The van der Waals surface area contributed by atoms with E-state index in [2.05, 4.69) is 24.7 Å². The van der Waals surface area contributed by atoms with Gasteiger partial charge in [0.1, 0.15) is 11.2 Å². The van der Waals surface area contributed by atoms with Crippen LogP contribution in [-0.2, 0) is 17.6 Å². The van der Waals surface area contributed by atoms with Crippen LogP contribution in [0.1, 0.15) is 35.3 Å². The van der Waals surface area contributed by atoms with Gasteiger partial charge in [0.15, 0.2) is 0 Å². The zero-order valence-electron chi connectivity index (χ0n) is 19.3. The van der Waals surface area contributed by atoms with E-state index in [4.69, 9.17) is 4.42 Å². The predicted octanol–water partition coefficient (Wildman–Crippen LogP) is 5.61. The maximum absolute atomic E-state index is 12.6. The number of hydrogen-bond donors (Lipinski definition) is 0. The second kappa shape index (κ2) is 10.1. The summed E-state index contributed by atoms with van der Waals surface area (Å²) in [5, 5.41) is 1.36. The number of esters is 1. The summed E-state index contributed by atoms with van der Waals surface area (Å²) in [5.74, 6) is -0.301. The minimum absolute atomic E-state index is 0.0712. The molecule has 0 aliphatic rings. The van der Waals surface area contributed by atoms with Gasteiger partial charge in [-0.2, -0.15) is 0 Å². The number of fused-ring (bicyclic) bond motifs is 2. The molecule has 5 nitrogen and oxygen atoms in total. The lowest BCUT2D eigenvalue weighted by molar-refractivity contribution is 0.0600. The Morgan fingerprint density at radius 3 is 2.22 bits per heavy atom. The first-order chi connectivity index (χ1) is 15.4. The Labute approximate surface area is 188 Å². The minimum atomic E-state index is -0.301. The summed E-state index contributed by atoms with van der Waals surface area (Å²) in [5.41, 5.74) is 5.41. The van der Waals surface area contributed by atoms with Crippen molar-refractivity contribution >= 4 is 33.6 Å². The van der Waals surface area contributed by atoms with Crippen molar-refractivity contribution in [1.29, 1.82) is 0 Å². The maximum Gasteiger partial charge on any atom is 0.337 e. The second-order valence-electron chi connectivity index (χ2n) is 7.70. The van der Waals surface area contributed by atoms with E-state index in [-0.39, 0.29) is 11.4 Å². The predicted molar refractivity (Wildman–Crippen MR) is 131 cm³/mol. The number of ether oxygens (including phenoxy) is 1. The summed E-state index contributed by atoms with van der Waals surface area (Å²) >= 11 is 0. The number of anilines is 1. The average molecular weight is 432 g/mol. The molecule has 0 saturated heterocycles. The Balaban J connectivity index is 0.000000195. The van der Waals surface area contributed by atoms with Gasteiger partial charge in [0, 0.05) is 19.8 Å². The fourth-order valence-corrected chi connectivity index (χ4v) is 3.52. The molecule has 0 aliphatic carbocycles. The molecule has 0 radical (unpaired) electrons. The molecule has 5 heteroatoms. The van der Waals surface area contributed by atoms with Crippen LogP contribution in [0.4, 0.5) is 5.69 Å². The number of rotatable bonds is 4. The molecule has 0 N–H and O–H groups in total. The molecule has 4 rings (SSSR count). The maximum atomic E-state index is 12.6.